The van der Waals surface area contributed by atoms with E-state index < -0.39 is 17.4 Å². The third-order valence-electron chi connectivity index (χ3n) is 16.4. The normalized spacial score (nSPS) is 39.8. The van der Waals surface area contributed by atoms with Crippen molar-refractivity contribution in [1.29, 1.82) is 0 Å². The van der Waals surface area contributed by atoms with E-state index in [9.17, 15) is 19.5 Å². The van der Waals surface area contributed by atoms with Crippen LogP contribution in [0.25, 0.3) is 0 Å². The van der Waals surface area contributed by atoms with Crippen molar-refractivity contribution >= 4 is 29.4 Å². The number of fused-ring (bicyclic) bond motifs is 7. The van der Waals surface area contributed by atoms with Crippen LogP contribution in [0.15, 0.2) is 36.4 Å². The molecule has 5 fully saturated rings. The molecule has 0 aliphatic heterocycles. The Morgan fingerprint density at radius 2 is 1.69 bits per heavy atom. The van der Waals surface area contributed by atoms with Gasteiger partial charge in [0, 0.05) is 23.4 Å². The maximum atomic E-state index is 13.4. The van der Waals surface area contributed by atoms with Crippen molar-refractivity contribution < 1.29 is 24.2 Å². The van der Waals surface area contributed by atoms with Crippen LogP contribution in [0.5, 0.6) is 0 Å². The first-order chi connectivity index (χ1) is 23.7. The Morgan fingerprint density at radius 1 is 0.980 bits per heavy atom. The average molecular weight is 722 g/mol. The molecule has 6 nitrogen and oxygen atoms in total. The maximum Gasteiger partial charge on any atom is 0.309 e. The molecule has 7 heteroatoms. The lowest BCUT2D eigenvalue weighted by Gasteiger charge is -2.72. The monoisotopic (exact) mass is 721 g/mol. The molecule has 51 heavy (non-hydrogen) atoms. The fraction of sp³-hybridized carbons (Fsp3) is 0.750. The zero-order valence-electron chi connectivity index (χ0n) is 32.6. The highest BCUT2D eigenvalue weighted by Crippen LogP contribution is 2.76. The fourth-order valence-electron chi connectivity index (χ4n) is 13.6. The Morgan fingerprint density at radius 3 is 2.35 bits per heavy atom. The number of aliphatic carboxylic acids is 1. The number of allylic oxidation sites excluding steroid dienone is 1. The van der Waals surface area contributed by atoms with Crippen molar-refractivity contribution in [3.05, 3.63) is 47.0 Å². The lowest BCUT2D eigenvalue weighted by molar-refractivity contribution is -0.245. The third kappa shape index (κ3) is 6.50. The number of hydrogen-bond acceptors (Lipinski definition) is 4. The Kier molecular flexibility index (Phi) is 10.2. The van der Waals surface area contributed by atoms with E-state index in [1.165, 1.54) is 37.7 Å². The molecule has 5 aliphatic carbocycles. The molecule has 5 aliphatic rings. The quantitative estimate of drug-likeness (QED) is 0.196. The molecule has 2 N–H and O–H groups in total. The van der Waals surface area contributed by atoms with E-state index in [4.69, 9.17) is 16.3 Å². The minimum absolute atomic E-state index is 0.112. The summed E-state index contributed by atoms with van der Waals surface area (Å²) in [5, 5.41) is 13.5. The number of benzene rings is 1. The number of nitrogens with one attached hydrogen (secondary N) is 1. The molecule has 0 heterocycles. The first-order valence-electron chi connectivity index (χ1n) is 19.8. The Bertz CT molecular complexity index is 1550. The van der Waals surface area contributed by atoms with Gasteiger partial charge in [-0.05, 0) is 154 Å². The highest BCUT2D eigenvalue weighted by atomic mass is 35.5. The SMILES string of the molecule is C=C(C)[C@@H]1C[C@@H](CC(=O)NCc2cccc(Cl)c2)C2CC[C@]3(C)[C@H](CC[C@@H]4[C@@]5(C)CC[C@H](OC(=O)CC(C)(C)C(=O)O)C(C)(C)[C@@H]5CC[C@]43C)[C@H]21. The van der Waals surface area contributed by atoms with Gasteiger partial charge in [-0.3, -0.25) is 14.4 Å². The molecule has 1 unspecified atom stereocenters. The van der Waals surface area contributed by atoms with Crippen molar-refractivity contribution in [2.45, 2.75) is 139 Å². The van der Waals surface area contributed by atoms with Crippen LogP contribution in [0.4, 0.5) is 0 Å². The molecule has 0 radical (unpaired) electrons. The van der Waals surface area contributed by atoms with Crippen molar-refractivity contribution in [2.75, 3.05) is 0 Å². The molecule has 1 aromatic rings. The predicted octanol–water partition coefficient (Wildman–Crippen LogP) is 10.3. The zero-order valence-corrected chi connectivity index (χ0v) is 33.3. The molecule has 0 spiro atoms. The summed E-state index contributed by atoms with van der Waals surface area (Å²) < 4.78 is 6.17. The van der Waals surface area contributed by atoms with Gasteiger partial charge < -0.3 is 15.2 Å². The minimum atomic E-state index is -1.14. The summed E-state index contributed by atoms with van der Waals surface area (Å²) in [6, 6.07) is 7.72. The summed E-state index contributed by atoms with van der Waals surface area (Å²) in [7, 11) is 0. The van der Waals surface area contributed by atoms with Gasteiger partial charge in [-0.25, -0.2) is 0 Å². The lowest BCUT2D eigenvalue weighted by atomic mass is 9.33. The van der Waals surface area contributed by atoms with E-state index in [0.717, 1.165) is 31.2 Å². The Labute approximate surface area is 312 Å². The molecule has 0 saturated heterocycles. The van der Waals surface area contributed by atoms with Crippen LogP contribution in [0.2, 0.25) is 5.02 Å². The number of carbonyl (C=O) groups excluding carboxylic acids is 2. The molecule has 5 saturated carbocycles. The maximum absolute atomic E-state index is 13.4. The second-order valence-electron chi connectivity index (χ2n) is 19.7. The van der Waals surface area contributed by atoms with Crippen molar-refractivity contribution in [2.24, 2.45) is 68.5 Å². The van der Waals surface area contributed by atoms with Crippen LogP contribution in [0.3, 0.4) is 0 Å². The number of carbonyl (C=O) groups is 3. The average Bonchev–Trinajstić information content (AvgIpc) is 3.40. The highest BCUT2D eigenvalue weighted by molar-refractivity contribution is 6.30. The van der Waals surface area contributed by atoms with E-state index in [1.807, 2.05) is 24.3 Å². The molecule has 282 valence electrons. The van der Waals surface area contributed by atoms with Crippen LogP contribution >= 0.6 is 11.6 Å². The van der Waals surface area contributed by atoms with E-state index in [0.29, 0.717) is 59.4 Å². The van der Waals surface area contributed by atoms with Gasteiger partial charge >= 0.3 is 11.9 Å². The van der Waals surface area contributed by atoms with Gasteiger partial charge in [0.1, 0.15) is 6.10 Å². The molecule has 1 aromatic carbocycles. The number of rotatable bonds is 9. The topological polar surface area (TPSA) is 92.7 Å². The first kappa shape index (κ1) is 38.4. The number of amides is 1. The number of carboxylic acid groups (broad SMARTS) is 1. The number of esters is 1. The van der Waals surface area contributed by atoms with Crippen molar-refractivity contribution in [1.82, 2.24) is 5.32 Å². The van der Waals surface area contributed by atoms with Gasteiger partial charge in [-0.15, -0.1) is 0 Å². The van der Waals surface area contributed by atoms with Crippen LogP contribution in [0.1, 0.15) is 132 Å². The van der Waals surface area contributed by atoms with Crippen LogP contribution in [-0.2, 0) is 25.7 Å². The first-order valence-corrected chi connectivity index (χ1v) is 20.2. The second-order valence-corrected chi connectivity index (χ2v) is 20.1. The molecule has 0 aromatic heterocycles. The van der Waals surface area contributed by atoms with Crippen molar-refractivity contribution in [3.8, 4) is 0 Å². The van der Waals surface area contributed by atoms with Crippen LogP contribution in [0, 0.1) is 68.5 Å². The number of halogens is 1. The molecule has 6 rings (SSSR count). The number of ether oxygens (including phenoxy) is 1. The Balaban J connectivity index is 1.18. The van der Waals surface area contributed by atoms with Gasteiger partial charge in [0.15, 0.2) is 0 Å². The van der Waals surface area contributed by atoms with E-state index in [1.54, 1.807) is 13.8 Å². The smallest absolute Gasteiger partial charge is 0.309 e. The van der Waals surface area contributed by atoms with Gasteiger partial charge in [0.05, 0.1) is 11.8 Å². The van der Waals surface area contributed by atoms with Crippen LogP contribution in [-0.4, -0.2) is 29.1 Å². The highest BCUT2D eigenvalue weighted by Gasteiger charge is 2.70. The molecule has 11 atom stereocenters. The van der Waals surface area contributed by atoms with Gasteiger partial charge in [-0.2, -0.15) is 0 Å². The van der Waals surface area contributed by atoms with Crippen LogP contribution < -0.4 is 5.32 Å². The summed E-state index contributed by atoms with van der Waals surface area (Å²) in [4.78, 5) is 38.1. The summed E-state index contributed by atoms with van der Waals surface area (Å²) in [5.74, 6) is 2.43. The van der Waals surface area contributed by atoms with Gasteiger partial charge in [-0.1, -0.05) is 70.5 Å². The lowest BCUT2D eigenvalue weighted by Crippen LogP contribution is -2.66. The number of carboxylic acids is 1. The molecular weight excluding hydrogens is 658 g/mol. The summed E-state index contributed by atoms with van der Waals surface area (Å²) in [5.41, 5.74) is 1.57. The Hall–Kier alpha value is -2.34. The molecular formula is C44H64ClNO5. The zero-order chi connectivity index (χ0) is 37.3. The molecule has 1 amide bonds. The van der Waals surface area contributed by atoms with Gasteiger partial charge in [0.25, 0.3) is 0 Å². The largest absolute Gasteiger partial charge is 0.481 e. The standard InChI is InChI=1S/C44H64ClNO5/c1-26(2)31-22-28(23-36(47)46-25-27-11-10-12-29(45)21-27)30-15-19-43(8)32(38(30)31)13-14-34-42(7)18-17-35(51-37(48)24-40(3,4)39(49)50)41(5,6)33(42)16-20-44(34,43)9/h10-12,21,28,30-35,38H,1,13-20,22-25H2,2-9H3,(H,46,47)(H,49,50)/t28-,30?,31-,32+,33-,34+,35-,38+,42-,43+,44+/m0/s1. The van der Waals surface area contributed by atoms with Gasteiger partial charge in [0.2, 0.25) is 5.91 Å². The third-order valence-corrected chi connectivity index (χ3v) is 16.6. The minimum Gasteiger partial charge on any atom is -0.481 e. The second kappa shape index (κ2) is 13.5. The molecule has 0 bridgehead atoms. The summed E-state index contributed by atoms with van der Waals surface area (Å²) in [6.45, 7) is 22.9. The predicted molar refractivity (Wildman–Crippen MR) is 203 cm³/mol. The van der Waals surface area contributed by atoms with E-state index in [2.05, 4.69) is 53.4 Å². The van der Waals surface area contributed by atoms with E-state index in [-0.39, 0.29) is 40.1 Å². The van der Waals surface area contributed by atoms with E-state index >= 15 is 0 Å². The van der Waals surface area contributed by atoms with Crippen molar-refractivity contribution in [3.63, 3.8) is 0 Å². The summed E-state index contributed by atoms with van der Waals surface area (Å²) >= 11 is 6.19. The fourth-order valence-corrected chi connectivity index (χ4v) is 13.8. The number of hydrogen-bond donors (Lipinski definition) is 2. The summed E-state index contributed by atoms with van der Waals surface area (Å²) in [6.07, 6.45) is 10.4.